The van der Waals surface area contributed by atoms with E-state index in [1.54, 1.807) is 25.3 Å². The Hall–Kier alpha value is -1.07. The third kappa shape index (κ3) is 2.30. The van der Waals surface area contributed by atoms with Gasteiger partial charge in [0.1, 0.15) is 11.4 Å². The van der Waals surface area contributed by atoms with Crippen LogP contribution in [0, 0.1) is 6.92 Å². The Kier molecular flexibility index (Phi) is 2.91. The summed E-state index contributed by atoms with van der Waals surface area (Å²) in [5.41, 5.74) is 0.290. The minimum absolute atomic E-state index is 0.0506. The van der Waals surface area contributed by atoms with Crippen molar-refractivity contribution in [2.75, 3.05) is 18.6 Å². The molecule has 0 aromatic heterocycles. The molecule has 1 aliphatic heterocycles. The number of benzene rings is 1. The highest BCUT2D eigenvalue weighted by molar-refractivity contribution is 7.91. The molecule has 94 valence electrons. The van der Waals surface area contributed by atoms with Crippen LogP contribution in [-0.2, 0) is 15.4 Å². The molecule has 1 fully saturated rings. The van der Waals surface area contributed by atoms with E-state index >= 15 is 0 Å². The van der Waals surface area contributed by atoms with Crippen molar-refractivity contribution in [2.45, 2.75) is 18.9 Å². The zero-order valence-corrected chi connectivity index (χ0v) is 10.8. The van der Waals surface area contributed by atoms with Crippen LogP contribution in [0.3, 0.4) is 0 Å². The fraction of sp³-hybridized carbons (Fsp3) is 0.500. The van der Waals surface area contributed by atoms with Gasteiger partial charge in [-0.25, -0.2) is 8.42 Å². The molecular formula is C12H16O4S. The van der Waals surface area contributed by atoms with Crippen molar-refractivity contribution >= 4 is 9.84 Å². The Balaban J connectivity index is 2.41. The standard InChI is InChI=1S/C12H16O4S/c1-9-7-10(16-2)3-4-11(9)12(13)5-6-17(14,15)8-12/h3-4,7,13H,5-6,8H2,1-2H3. The first-order chi connectivity index (χ1) is 7.86. The van der Waals surface area contributed by atoms with Gasteiger partial charge in [0, 0.05) is 0 Å². The molecule has 1 aromatic rings. The molecule has 1 saturated heterocycles. The van der Waals surface area contributed by atoms with E-state index in [0.29, 0.717) is 11.3 Å². The van der Waals surface area contributed by atoms with E-state index in [9.17, 15) is 13.5 Å². The van der Waals surface area contributed by atoms with Crippen LogP contribution in [0.4, 0.5) is 0 Å². The third-order valence-electron chi connectivity index (χ3n) is 3.22. The lowest BCUT2D eigenvalue weighted by Gasteiger charge is -2.23. The molecule has 4 nitrogen and oxygen atoms in total. The lowest BCUT2D eigenvalue weighted by atomic mass is 9.90. The molecule has 1 heterocycles. The average Bonchev–Trinajstić information content (AvgIpc) is 2.53. The van der Waals surface area contributed by atoms with Gasteiger partial charge in [0.15, 0.2) is 9.84 Å². The summed E-state index contributed by atoms with van der Waals surface area (Å²) in [5, 5.41) is 10.4. The Morgan fingerprint density at radius 3 is 2.59 bits per heavy atom. The van der Waals surface area contributed by atoms with Crippen molar-refractivity contribution in [3.05, 3.63) is 29.3 Å². The van der Waals surface area contributed by atoms with Crippen molar-refractivity contribution in [2.24, 2.45) is 0 Å². The largest absolute Gasteiger partial charge is 0.497 e. The van der Waals surface area contributed by atoms with Gasteiger partial charge < -0.3 is 9.84 Å². The van der Waals surface area contributed by atoms with Crippen LogP contribution in [-0.4, -0.2) is 32.1 Å². The molecule has 0 spiro atoms. The van der Waals surface area contributed by atoms with E-state index in [1.807, 2.05) is 6.92 Å². The molecule has 0 saturated carbocycles. The summed E-state index contributed by atoms with van der Waals surface area (Å²) in [6.07, 6.45) is 0.266. The normalized spacial score (nSPS) is 27.0. The maximum Gasteiger partial charge on any atom is 0.153 e. The van der Waals surface area contributed by atoms with Crippen LogP contribution in [0.5, 0.6) is 5.75 Å². The predicted octanol–water partition coefficient (Wildman–Crippen LogP) is 1.01. The van der Waals surface area contributed by atoms with Crippen LogP contribution in [0.1, 0.15) is 17.5 Å². The number of rotatable bonds is 2. The first-order valence-electron chi connectivity index (χ1n) is 5.44. The number of methoxy groups -OCH3 is 1. The molecule has 1 aliphatic rings. The molecule has 1 aromatic carbocycles. The van der Waals surface area contributed by atoms with Gasteiger partial charge >= 0.3 is 0 Å². The minimum atomic E-state index is -3.12. The van der Waals surface area contributed by atoms with E-state index in [0.717, 1.165) is 5.56 Å². The smallest absolute Gasteiger partial charge is 0.153 e. The van der Waals surface area contributed by atoms with Gasteiger partial charge in [0.25, 0.3) is 0 Å². The Labute approximate surface area is 101 Å². The first kappa shape index (κ1) is 12.4. The number of hydrogen-bond acceptors (Lipinski definition) is 4. The fourth-order valence-electron chi connectivity index (χ4n) is 2.33. The van der Waals surface area contributed by atoms with E-state index in [2.05, 4.69) is 0 Å². The number of hydrogen-bond donors (Lipinski definition) is 1. The van der Waals surface area contributed by atoms with Gasteiger partial charge in [-0.15, -0.1) is 0 Å². The van der Waals surface area contributed by atoms with E-state index < -0.39 is 15.4 Å². The molecule has 1 atom stereocenters. The van der Waals surface area contributed by atoms with Gasteiger partial charge in [0.05, 0.1) is 18.6 Å². The number of sulfone groups is 1. The molecule has 17 heavy (non-hydrogen) atoms. The average molecular weight is 256 g/mol. The summed E-state index contributed by atoms with van der Waals surface area (Å²) < 4.78 is 28.0. The van der Waals surface area contributed by atoms with Crippen LogP contribution in [0.2, 0.25) is 0 Å². The lowest BCUT2D eigenvalue weighted by molar-refractivity contribution is 0.0646. The Morgan fingerprint density at radius 1 is 1.41 bits per heavy atom. The summed E-state index contributed by atoms with van der Waals surface area (Å²) in [4.78, 5) is 0. The topological polar surface area (TPSA) is 63.6 Å². The number of ether oxygens (including phenoxy) is 1. The summed E-state index contributed by atoms with van der Waals surface area (Å²) in [5.74, 6) is 0.568. The van der Waals surface area contributed by atoms with Crippen molar-refractivity contribution < 1.29 is 18.3 Å². The number of aryl methyl sites for hydroxylation is 1. The lowest BCUT2D eigenvalue weighted by Crippen LogP contribution is -2.27. The van der Waals surface area contributed by atoms with Gasteiger partial charge in [0.2, 0.25) is 0 Å². The molecule has 1 N–H and O–H groups in total. The minimum Gasteiger partial charge on any atom is -0.497 e. The van der Waals surface area contributed by atoms with Gasteiger partial charge in [-0.05, 0) is 36.6 Å². The highest BCUT2D eigenvalue weighted by Gasteiger charge is 2.42. The molecule has 1 unspecified atom stereocenters. The van der Waals surface area contributed by atoms with Gasteiger partial charge in [-0.2, -0.15) is 0 Å². The Morgan fingerprint density at radius 2 is 2.12 bits per heavy atom. The second-order valence-corrected chi connectivity index (χ2v) is 6.74. The van der Waals surface area contributed by atoms with Crippen molar-refractivity contribution in [1.82, 2.24) is 0 Å². The van der Waals surface area contributed by atoms with Crippen LogP contribution in [0.15, 0.2) is 18.2 Å². The van der Waals surface area contributed by atoms with E-state index in [4.69, 9.17) is 4.74 Å². The number of aliphatic hydroxyl groups is 1. The summed E-state index contributed by atoms with van der Waals surface area (Å²) in [7, 11) is -1.54. The van der Waals surface area contributed by atoms with Crippen LogP contribution in [0.25, 0.3) is 0 Å². The Bertz CT molecular complexity index is 535. The molecule has 0 bridgehead atoms. The van der Waals surface area contributed by atoms with E-state index in [1.165, 1.54) is 0 Å². The summed E-state index contributed by atoms with van der Waals surface area (Å²) in [6.45, 7) is 1.85. The second kappa shape index (κ2) is 3.99. The van der Waals surface area contributed by atoms with Crippen LogP contribution >= 0.6 is 0 Å². The maximum atomic E-state index is 11.5. The zero-order chi connectivity index (χ0) is 12.7. The fourth-order valence-corrected chi connectivity index (χ4v) is 4.15. The first-order valence-corrected chi connectivity index (χ1v) is 7.26. The van der Waals surface area contributed by atoms with Crippen molar-refractivity contribution in [1.29, 1.82) is 0 Å². The highest BCUT2D eigenvalue weighted by Crippen LogP contribution is 2.36. The molecule has 0 aliphatic carbocycles. The third-order valence-corrected chi connectivity index (χ3v) is 4.96. The molecule has 2 rings (SSSR count). The van der Waals surface area contributed by atoms with Gasteiger partial charge in [-0.1, -0.05) is 6.07 Å². The summed E-state index contributed by atoms with van der Waals surface area (Å²) >= 11 is 0. The molecular weight excluding hydrogens is 240 g/mol. The molecule has 5 heteroatoms. The van der Waals surface area contributed by atoms with Crippen molar-refractivity contribution in [3.63, 3.8) is 0 Å². The van der Waals surface area contributed by atoms with Crippen molar-refractivity contribution in [3.8, 4) is 5.75 Å². The molecule has 0 radical (unpaired) electrons. The monoisotopic (exact) mass is 256 g/mol. The predicted molar refractivity (Wildman–Crippen MR) is 64.9 cm³/mol. The van der Waals surface area contributed by atoms with Crippen LogP contribution < -0.4 is 4.74 Å². The molecule has 0 amide bonds. The maximum absolute atomic E-state index is 11.5. The highest BCUT2D eigenvalue weighted by atomic mass is 32.2. The van der Waals surface area contributed by atoms with Gasteiger partial charge in [-0.3, -0.25) is 0 Å². The SMILES string of the molecule is COc1ccc(C2(O)CCS(=O)(=O)C2)c(C)c1. The van der Waals surface area contributed by atoms with E-state index in [-0.39, 0.29) is 17.9 Å². The summed E-state index contributed by atoms with van der Waals surface area (Å²) in [6, 6.07) is 5.29. The second-order valence-electron chi connectivity index (χ2n) is 4.55. The quantitative estimate of drug-likeness (QED) is 0.857. The zero-order valence-electron chi connectivity index (χ0n) is 9.93.